The lowest BCUT2D eigenvalue weighted by Gasteiger charge is -2.21. The number of fused-ring (bicyclic) bond motifs is 1. The maximum atomic E-state index is 12.9. The lowest BCUT2D eigenvalue weighted by molar-refractivity contribution is -0.123. The molecule has 1 aromatic carbocycles. The molecule has 0 aliphatic rings. The van der Waals surface area contributed by atoms with E-state index in [0.29, 0.717) is 30.7 Å². The highest BCUT2D eigenvalue weighted by molar-refractivity contribution is 6.01. The molecule has 0 radical (unpaired) electrons. The van der Waals surface area contributed by atoms with Crippen LogP contribution in [0.1, 0.15) is 42.9 Å². The normalized spacial score (nSPS) is 12.8. The summed E-state index contributed by atoms with van der Waals surface area (Å²) in [5.74, 6) is 0.0507. The number of H-pyrrole nitrogens is 2. The number of imidazole rings is 1. The number of hydrogen-bond acceptors (Lipinski definition) is 5. The molecule has 0 aliphatic carbocycles. The van der Waals surface area contributed by atoms with Crippen molar-refractivity contribution in [2.24, 2.45) is 5.92 Å². The minimum absolute atomic E-state index is 0.166. The molecular formula is C23H28N6O3. The van der Waals surface area contributed by atoms with Crippen molar-refractivity contribution >= 4 is 22.7 Å². The summed E-state index contributed by atoms with van der Waals surface area (Å²) in [4.78, 5) is 35.8. The summed E-state index contributed by atoms with van der Waals surface area (Å²) in [6.07, 6.45) is 4.72. The van der Waals surface area contributed by atoms with Crippen molar-refractivity contribution in [1.82, 2.24) is 25.6 Å². The average Bonchev–Trinajstić information content (AvgIpc) is 3.45. The summed E-state index contributed by atoms with van der Waals surface area (Å²) in [6.45, 7) is 3.94. The highest BCUT2D eigenvalue weighted by Crippen LogP contribution is 2.26. The van der Waals surface area contributed by atoms with Crippen molar-refractivity contribution in [2.75, 3.05) is 7.11 Å². The largest absolute Gasteiger partial charge is 0.496 e. The first-order valence-corrected chi connectivity index (χ1v) is 10.5. The minimum Gasteiger partial charge on any atom is -0.496 e. The number of amides is 2. The van der Waals surface area contributed by atoms with Crippen molar-refractivity contribution < 1.29 is 14.3 Å². The first-order chi connectivity index (χ1) is 15.4. The zero-order valence-corrected chi connectivity index (χ0v) is 18.4. The van der Waals surface area contributed by atoms with E-state index < -0.39 is 18.0 Å². The number of nitrogens with zero attached hydrogens (tertiary/aromatic N) is 2. The molecule has 0 unspecified atom stereocenters. The van der Waals surface area contributed by atoms with Crippen molar-refractivity contribution in [2.45, 2.75) is 45.2 Å². The second-order valence-corrected chi connectivity index (χ2v) is 8.07. The maximum Gasteiger partial charge on any atom is 0.268 e. The van der Waals surface area contributed by atoms with E-state index in [0.717, 1.165) is 16.6 Å². The van der Waals surface area contributed by atoms with Gasteiger partial charge in [0.2, 0.25) is 5.91 Å². The number of carbonyl (C=O) groups excluding carboxylic acids is 2. The molecule has 2 atom stereocenters. The molecular weight excluding hydrogens is 408 g/mol. The number of rotatable bonds is 10. The SMILES string of the molecule is COc1cccc2[nH]c(C(=O)N[C@@H](CC(C)C)C(=O)N[C@H](C#N)CCc3cnc[nH]3)cc12. The van der Waals surface area contributed by atoms with Gasteiger partial charge in [0, 0.05) is 22.8 Å². The number of aromatic amines is 2. The Morgan fingerprint density at radius 3 is 2.75 bits per heavy atom. The Kier molecular flexibility index (Phi) is 7.49. The van der Waals surface area contributed by atoms with Gasteiger partial charge in [-0.1, -0.05) is 19.9 Å². The van der Waals surface area contributed by atoms with E-state index in [1.165, 1.54) is 0 Å². The summed E-state index contributed by atoms with van der Waals surface area (Å²) in [6, 6.07) is 7.89. The van der Waals surface area contributed by atoms with Gasteiger partial charge in [0.05, 0.1) is 19.5 Å². The Labute approximate surface area is 186 Å². The molecule has 3 aromatic rings. The van der Waals surface area contributed by atoms with E-state index >= 15 is 0 Å². The maximum absolute atomic E-state index is 12.9. The number of hydrogen-bond donors (Lipinski definition) is 4. The molecule has 3 rings (SSSR count). The Morgan fingerprint density at radius 2 is 2.09 bits per heavy atom. The first-order valence-electron chi connectivity index (χ1n) is 10.5. The van der Waals surface area contributed by atoms with Crippen LogP contribution in [0.2, 0.25) is 0 Å². The predicted molar refractivity (Wildman–Crippen MR) is 120 cm³/mol. The molecule has 0 aliphatic heterocycles. The van der Waals surface area contributed by atoms with Crippen LogP contribution in [0.5, 0.6) is 5.75 Å². The molecule has 2 aromatic heterocycles. The van der Waals surface area contributed by atoms with E-state index in [1.807, 2.05) is 32.0 Å². The van der Waals surface area contributed by atoms with Crippen LogP contribution in [0.15, 0.2) is 36.8 Å². The van der Waals surface area contributed by atoms with E-state index in [-0.39, 0.29) is 11.8 Å². The van der Waals surface area contributed by atoms with Gasteiger partial charge < -0.3 is 25.3 Å². The van der Waals surface area contributed by atoms with Crippen LogP contribution in [-0.2, 0) is 11.2 Å². The standard InChI is InChI=1S/C23H28N6O3/c1-14(2)9-19(22(30)27-15(11-24)7-8-16-12-25-13-26-16)29-23(31)20-10-17-18(28-20)5-4-6-21(17)32-3/h4-6,10,12-15,19,28H,7-9H2,1-3H3,(H,25,26)(H,27,30)(H,29,31)/t15-,19-/m0/s1. The number of aryl methyl sites for hydroxylation is 1. The summed E-state index contributed by atoms with van der Waals surface area (Å²) in [7, 11) is 1.57. The smallest absolute Gasteiger partial charge is 0.268 e. The molecule has 0 bridgehead atoms. The van der Waals surface area contributed by atoms with E-state index in [4.69, 9.17) is 4.74 Å². The van der Waals surface area contributed by atoms with Crippen LogP contribution < -0.4 is 15.4 Å². The minimum atomic E-state index is -0.765. The molecule has 0 fully saturated rings. The van der Waals surface area contributed by atoms with Gasteiger partial charge >= 0.3 is 0 Å². The predicted octanol–water partition coefficient (Wildman–Crippen LogP) is 2.69. The number of benzene rings is 1. The molecule has 9 nitrogen and oxygen atoms in total. The molecule has 168 valence electrons. The van der Waals surface area contributed by atoms with E-state index in [2.05, 4.69) is 31.7 Å². The van der Waals surface area contributed by atoms with Gasteiger partial charge in [-0.15, -0.1) is 0 Å². The van der Waals surface area contributed by atoms with E-state index in [9.17, 15) is 14.9 Å². The fraction of sp³-hybridized carbons (Fsp3) is 0.391. The third kappa shape index (κ3) is 5.66. The Morgan fingerprint density at radius 1 is 1.28 bits per heavy atom. The second kappa shape index (κ2) is 10.5. The zero-order valence-electron chi connectivity index (χ0n) is 18.4. The number of nitrogens with one attached hydrogen (secondary N) is 4. The summed E-state index contributed by atoms with van der Waals surface area (Å²) in [5, 5.41) is 15.8. The zero-order chi connectivity index (χ0) is 23.1. The van der Waals surface area contributed by atoms with Crippen LogP contribution in [-0.4, -0.2) is 46.0 Å². The van der Waals surface area contributed by atoms with Gasteiger partial charge in [0.15, 0.2) is 0 Å². The molecule has 32 heavy (non-hydrogen) atoms. The van der Waals surface area contributed by atoms with Gasteiger partial charge in [-0.2, -0.15) is 5.26 Å². The lowest BCUT2D eigenvalue weighted by Crippen LogP contribution is -2.50. The van der Waals surface area contributed by atoms with Gasteiger partial charge in [-0.25, -0.2) is 4.98 Å². The molecule has 0 spiro atoms. The molecule has 2 amide bonds. The number of aromatic nitrogens is 3. The molecule has 0 saturated carbocycles. The van der Waals surface area contributed by atoms with Crippen LogP contribution in [0.4, 0.5) is 0 Å². The topological polar surface area (TPSA) is 136 Å². The fourth-order valence-corrected chi connectivity index (χ4v) is 3.53. The summed E-state index contributed by atoms with van der Waals surface area (Å²) >= 11 is 0. The number of ether oxygens (including phenoxy) is 1. The first kappa shape index (κ1) is 22.9. The van der Waals surface area contributed by atoms with Crippen LogP contribution in [0, 0.1) is 17.2 Å². The van der Waals surface area contributed by atoms with Crippen molar-refractivity contribution in [3.63, 3.8) is 0 Å². The number of nitriles is 1. The average molecular weight is 437 g/mol. The van der Waals surface area contributed by atoms with E-state index in [1.54, 1.807) is 25.7 Å². The Bertz CT molecular complexity index is 1100. The summed E-state index contributed by atoms with van der Waals surface area (Å²) in [5.41, 5.74) is 1.99. The molecule has 0 saturated heterocycles. The van der Waals surface area contributed by atoms with Crippen molar-refractivity contribution in [1.29, 1.82) is 5.26 Å². The molecule has 4 N–H and O–H groups in total. The highest BCUT2D eigenvalue weighted by atomic mass is 16.5. The molecule has 9 heteroatoms. The number of carbonyl (C=O) groups is 2. The third-order valence-corrected chi connectivity index (χ3v) is 5.15. The number of methoxy groups -OCH3 is 1. The van der Waals surface area contributed by atoms with Gasteiger partial charge in [0.25, 0.3) is 5.91 Å². The fourth-order valence-electron chi connectivity index (χ4n) is 3.53. The Balaban J connectivity index is 1.69. The monoisotopic (exact) mass is 436 g/mol. The molecule has 2 heterocycles. The van der Waals surface area contributed by atoms with Gasteiger partial charge in [0.1, 0.15) is 23.5 Å². The van der Waals surface area contributed by atoms with Crippen LogP contribution >= 0.6 is 0 Å². The quantitative estimate of drug-likeness (QED) is 0.387. The second-order valence-electron chi connectivity index (χ2n) is 8.07. The lowest BCUT2D eigenvalue weighted by atomic mass is 10.0. The van der Waals surface area contributed by atoms with Gasteiger partial charge in [-0.3, -0.25) is 9.59 Å². The van der Waals surface area contributed by atoms with Crippen LogP contribution in [0.25, 0.3) is 10.9 Å². The van der Waals surface area contributed by atoms with Crippen molar-refractivity contribution in [3.8, 4) is 11.8 Å². The van der Waals surface area contributed by atoms with Crippen molar-refractivity contribution in [3.05, 3.63) is 48.2 Å². The van der Waals surface area contributed by atoms with Gasteiger partial charge in [-0.05, 0) is 43.4 Å². The third-order valence-electron chi connectivity index (χ3n) is 5.15. The highest BCUT2D eigenvalue weighted by Gasteiger charge is 2.25. The summed E-state index contributed by atoms with van der Waals surface area (Å²) < 4.78 is 5.35. The Hall–Kier alpha value is -3.80. The van der Waals surface area contributed by atoms with Crippen LogP contribution in [0.3, 0.4) is 0 Å².